The summed E-state index contributed by atoms with van der Waals surface area (Å²) in [6.07, 6.45) is 1.12. The highest BCUT2D eigenvalue weighted by Gasteiger charge is 2.23. The van der Waals surface area contributed by atoms with Gasteiger partial charge in [-0.2, -0.15) is 0 Å². The SMILES string of the molecule is Cc1ccc2c3c([nH]c2n1)CN(C)[C@H](C)C3. The number of aromatic nitrogens is 2. The first kappa shape index (κ1) is 9.85. The van der Waals surface area contributed by atoms with E-state index in [1.54, 1.807) is 0 Å². The molecule has 0 aliphatic carbocycles. The fourth-order valence-electron chi connectivity index (χ4n) is 2.50. The highest BCUT2D eigenvalue weighted by atomic mass is 15.1. The van der Waals surface area contributed by atoms with Crippen LogP contribution in [0.15, 0.2) is 12.1 Å². The summed E-state index contributed by atoms with van der Waals surface area (Å²) in [6, 6.07) is 4.91. The van der Waals surface area contributed by atoms with E-state index in [0.29, 0.717) is 6.04 Å². The molecule has 3 rings (SSSR count). The molecule has 16 heavy (non-hydrogen) atoms. The first-order valence-corrected chi connectivity index (χ1v) is 5.82. The third-order valence-electron chi connectivity index (χ3n) is 3.65. The minimum absolute atomic E-state index is 0.618. The van der Waals surface area contributed by atoms with Gasteiger partial charge in [0, 0.05) is 29.4 Å². The van der Waals surface area contributed by atoms with Crippen molar-refractivity contribution < 1.29 is 0 Å². The van der Waals surface area contributed by atoms with E-state index in [2.05, 4.69) is 41.0 Å². The van der Waals surface area contributed by atoms with Crippen LogP contribution in [-0.2, 0) is 13.0 Å². The number of pyridine rings is 1. The Morgan fingerprint density at radius 1 is 1.44 bits per heavy atom. The molecule has 3 heteroatoms. The molecule has 1 aliphatic rings. The molecule has 1 atom stereocenters. The number of aryl methyl sites for hydroxylation is 1. The van der Waals surface area contributed by atoms with Crippen molar-refractivity contribution in [3.63, 3.8) is 0 Å². The second-order valence-corrected chi connectivity index (χ2v) is 4.90. The number of likely N-dealkylation sites (N-methyl/N-ethyl adjacent to an activating group) is 1. The number of hydrogen-bond donors (Lipinski definition) is 1. The standard InChI is InChI=1S/C13H17N3/c1-8-4-5-10-11-6-9(2)16(3)7-12(11)15-13(10)14-8/h4-5,9H,6-7H2,1-3H3,(H,14,15)/t9-/m1/s1. The second-order valence-electron chi connectivity index (χ2n) is 4.90. The van der Waals surface area contributed by atoms with Gasteiger partial charge in [-0.3, -0.25) is 4.90 Å². The minimum atomic E-state index is 0.618. The van der Waals surface area contributed by atoms with Crippen LogP contribution in [-0.4, -0.2) is 28.0 Å². The second kappa shape index (κ2) is 3.32. The number of aromatic amines is 1. The summed E-state index contributed by atoms with van der Waals surface area (Å²) in [7, 11) is 2.18. The van der Waals surface area contributed by atoms with Crippen molar-refractivity contribution in [2.75, 3.05) is 7.05 Å². The van der Waals surface area contributed by atoms with Gasteiger partial charge in [-0.1, -0.05) is 0 Å². The Labute approximate surface area is 95.5 Å². The highest BCUT2D eigenvalue weighted by Crippen LogP contribution is 2.28. The molecule has 0 unspecified atom stereocenters. The predicted octanol–water partition coefficient (Wildman–Crippen LogP) is 2.25. The zero-order valence-corrected chi connectivity index (χ0v) is 10.0. The number of fused-ring (bicyclic) bond motifs is 3. The molecule has 1 N–H and O–H groups in total. The van der Waals surface area contributed by atoms with Crippen molar-refractivity contribution >= 4 is 11.0 Å². The molecule has 84 valence electrons. The van der Waals surface area contributed by atoms with Crippen molar-refractivity contribution in [2.45, 2.75) is 32.9 Å². The molecule has 0 saturated heterocycles. The van der Waals surface area contributed by atoms with Crippen LogP contribution in [0.3, 0.4) is 0 Å². The van der Waals surface area contributed by atoms with Gasteiger partial charge in [-0.15, -0.1) is 0 Å². The van der Waals surface area contributed by atoms with E-state index >= 15 is 0 Å². The molecule has 2 aromatic heterocycles. The first-order chi connectivity index (χ1) is 7.65. The summed E-state index contributed by atoms with van der Waals surface area (Å²) < 4.78 is 0. The maximum Gasteiger partial charge on any atom is 0.138 e. The average Bonchev–Trinajstić information content (AvgIpc) is 2.55. The number of H-pyrrole nitrogens is 1. The van der Waals surface area contributed by atoms with Crippen molar-refractivity contribution in [3.05, 3.63) is 29.1 Å². The topological polar surface area (TPSA) is 31.9 Å². The third kappa shape index (κ3) is 1.35. The number of hydrogen-bond acceptors (Lipinski definition) is 2. The fourth-order valence-corrected chi connectivity index (χ4v) is 2.50. The maximum absolute atomic E-state index is 4.56. The fraction of sp³-hybridized carbons (Fsp3) is 0.462. The van der Waals surface area contributed by atoms with E-state index in [-0.39, 0.29) is 0 Å². The Kier molecular flexibility index (Phi) is 2.04. The Morgan fingerprint density at radius 3 is 3.06 bits per heavy atom. The summed E-state index contributed by atoms with van der Waals surface area (Å²) in [5.74, 6) is 0. The lowest BCUT2D eigenvalue weighted by atomic mass is 9.99. The Bertz CT molecular complexity index is 541. The molecule has 0 aromatic carbocycles. The van der Waals surface area contributed by atoms with Crippen LogP contribution in [0.2, 0.25) is 0 Å². The molecular weight excluding hydrogens is 198 g/mol. The molecular formula is C13H17N3. The molecule has 0 amide bonds. The zero-order valence-electron chi connectivity index (χ0n) is 10.0. The van der Waals surface area contributed by atoms with Crippen LogP contribution in [0.4, 0.5) is 0 Å². The van der Waals surface area contributed by atoms with Crippen LogP contribution in [0.25, 0.3) is 11.0 Å². The van der Waals surface area contributed by atoms with Gasteiger partial charge in [-0.05, 0) is 45.0 Å². The van der Waals surface area contributed by atoms with Crippen LogP contribution >= 0.6 is 0 Å². The van der Waals surface area contributed by atoms with E-state index in [1.165, 1.54) is 16.6 Å². The first-order valence-electron chi connectivity index (χ1n) is 5.82. The van der Waals surface area contributed by atoms with Gasteiger partial charge in [0.05, 0.1) is 0 Å². The van der Waals surface area contributed by atoms with E-state index in [0.717, 1.165) is 24.3 Å². The lowest BCUT2D eigenvalue weighted by Crippen LogP contribution is -2.34. The van der Waals surface area contributed by atoms with Gasteiger partial charge in [0.2, 0.25) is 0 Å². The van der Waals surface area contributed by atoms with Gasteiger partial charge in [-0.25, -0.2) is 4.98 Å². The van der Waals surface area contributed by atoms with Crippen LogP contribution in [0.1, 0.15) is 23.9 Å². The molecule has 0 fully saturated rings. The van der Waals surface area contributed by atoms with Crippen molar-refractivity contribution in [2.24, 2.45) is 0 Å². The number of rotatable bonds is 0. The highest BCUT2D eigenvalue weighted by molar-refractivity contribution is 5.81. The molecule has 0 spiro atoms. The summed E-state index contributed by atoms with van der Waals surface area (Å²) in [6.45, 7) is 5.32. The predicted molar refractivity (Wildman–Crippen MR) is 65.5 cm³/mol. The molecule has 3 heterocycles. The lowest BCUT2D eigenvalue weighted by Gasteiger charge is -2.29. The van der Waals surface area contributed by atoms with Gasteiger partial charge in [0.1, 0.15) is 5.65 Å². The largest absolute Gasteiger partial charge is 0.342 e. The van der Waals surface area contributed by atoms with Crippen LogP contribution in [0.5, 0.6) is 0 Å². The number of nitrogens with zero attached hydrogens (tertiary/aromatic N) is 2. The van der Waals surface area contributed by atoms with Gasteiger partial charge in [0.25, 0.3) is 0 Å². The Balaban J connectivity index is 2.20. The van der Waals surface area contributed by atoms with E-state index in [4.69, 9.17) is 0 Å². The monoisotopic (exact) mass is 215 g/mol. The molecule has 0 bridgehead atoms. The summed E-state index contributed by atoms with van der Waals surface area (Å²) in [4.78, 5) is 10.4. The molecule has 3 nitrogen and oxygen atoms in total. The minimum Gasteiger partial charge on any atom is -0.342 e. The van der Waals surface area contributed by atoms with E-state index in [9.17, 15) is 0 Å². The van der Waals surface area contributed by atoms with Gasteiger partial charge < -0.3 is 4.98 Å². The zero-order chi connectivity index (χ0) is 11.3. The van der Waals surface area contributed by atoms with Crippen molar-refractivity contribution in [1.82, 2.24) is 14.9 Å². The molecule has 1 aliphatic heterocycles. The van der Waals surface area contributed by atoms with E-state index in [1.807, 2.05) is 6.92 Å². The van der Waals surface area contributed by atoms with Gasteiger partial charge in [0.15, 0.2) is 0 Å². The normalized spacial score (nSPS) is 21.3. The van der Waals surface area contributed by atoms with Gasteiger partial charge >= 0.3 is 0 Å². The molecule has 0 saturated carbocycles. The summed E-state index contributed by atoms with van der Waals surface area (Å²) >= 11 is 0. The smallest absolute Gasteiger partial charge is 0.138 e. The van der Waals surface area contributed by atoms with Crippen molar-refractivity contribution in [1.29, 1.82) is 0 Å². The molecule has 2 aromatic rings. The Hall–Kier alpha value is -1.35. The van der Waals surface area contributed by atoms with Crippen LogP contribution < -0.4 is 0 Å². The summed E-state index contributed by atoms with van der Waals surface area (Å²) in [5.41, 5.74) is 4.93. The maximum atomic E-state index is 4.56. The quantitative estimate of drug-likeness (QED) is 0.731. The van der Waals surface area contributed by atoms with Crippen molar-refractivity contribution in [3.8, 4) is 0 Å². The lowest BCUT2D eigenvalue weighted by molar-refractivity contribution is 0.229. The average molecular weight is 215 g/mol. The third-order valence-corrected chi connectivity index (χ3v) is 3.65. The summed E-state index contributed by atoms with van der Waals surface area (Å²) in [5, 5.41) is 1.31. The number of nitrogens with one attached hydrogen (secondary N) is 1. The van der Waals surface area contributed by atoms with Crippen LogP contribution in [0, 0.1) is 6.92 Å². The van der Waals surface area contributed by atoms with E-state index < -0.39 is 0 Å². The Morgan fingerprint density at radius 2 is 2.25 bits per heavy atom. The molecule has 0 radical (unpaired) electrons.